The molecule has 0 saturated heterocycles. The van der Waals surface area contributed by atoms with E-state index in [-0.39, 0.29) is 11.9 Å². The first-order valence-corrected chi connectivity index (χ1v) is 6.05. The molecule has 1 aromatic rings. The molecule has 0 radical (unpaired) electrons. The minimum absolute atomic E-state index is 0.0176. The standard InChI is InChI=1S/C15H18N2O/c1-5-15(2,3)16-12-10-14(18)17(4)13-9-7-6-8-11(12)13/h1,6-9,12,16H,10H2,2-4H3. The molecule has 0 aromatic heterocycles. The van der Waals surface area contributed by atoms with Crippen LogP contribution in [-0.2, 0) is 4.79 Å². The van der Waals surface area contributed by atoms with Crippen LogP contribution in [-0.4, -0.2) is 18.5 Å². The lowest BCUT2D eigenvalue weighted by atomic mass is 9.93. The normalized spacial score (nSPS) is 19.3. The van der Waals surface area contributed by atoms with Crippen LogP contribution in [0.25, 0.3) is 0 Å². The molecule has 1 atom stereocenters. The van der Waals surface area contributed by atoms with Gasteiger partial charge in [-0.3, -0.25) is 10.1 Å². The van der Waals surface area contributed by atoms with Gasteiger partial charge in [-0.05, 0) is 25.5 Å². The van der Waals surface area contributed by atoms with Gasteiger partial charge in [0.25, 0.3) is 0 Å². The van der Waals surface area contributed by atoms with E-state index in [1.807, 2.05) is 45.2 Å². The first-order chi connectivity index (χ1) is 8.44. The number of fused-ring (bicyclic) bond motifs is 1. The molecule has 0 spiro atoms. The second kappa shape index (κ2) is 4.47. The number of terminal acetylenes is 1. The van der Waals surface area contributed by atoms with E-state index < -0.39 is 5.54 Å². The second-order valence-corrected chi connectivity index (χ2v) is 5.18. The van der Waals surface area contributed by atoms with E-state index in [1.54, 1.807) is 4.90 Å². The summed E-state index contributed by atoms with van der Waals surface area (Å²) in [6, 6.07) is 7.92. The summed E-state index contributed by atoms with van der Waals surface area (Å²) in [7, 11) is 1.81. The van der Waals surface area contributed by atoms with E-state index in [0.717, 1.165) is 11.3 Å². The monoisotopic (exact) mass is 242 g/mol. The zero-order chi connectivity index (χ0) is 13.3. The zero-order valence-electron chi connectivity index (χ0n) is 11.0. The molecule has 0 bridgehead atoms. The van der Waals surface area contributed by atoms with Gasteiger partial charge in [-0.1, -0.05) is 24.1 Å². The minimum Gasteiger partial charge on any atom is -0.315 e. The predicted molar refractivity (Wildman–Crippen MR) is 73.3 cm³/mol. The Labute approximate surface area is 108 Å². The summed E-state index contributed by atoms with van der Waals surface area (Å²) in [5, 5.41) is 3.37. The summed E-state index contributed by atoms with van der Waals surface area (Å²) < 4.78 is 0. The van der Waals surface area contributed by atoms with Gasteiger partial charge >= 0.3 is 0 Å². The van der Waals surface area contributed by atoms with Crippen molar-refractivity contribution in [1.29, 1.82) is 0 Å². The van der Waals surface area contributed by atoms with Crippen molar-refractivity contribution in [2.24, 2.45) is 0 Å². The van der Waals surface area contributed by atoms with Crippen molar-refractivity contribution in [2.75, 3.05) is 11.9 Å². The molecule has 3 heteroatoms. The van der Waals surface area contributed by atoms with Crippen LogP contribution in [0, 0.1) is 12.3 Å². The van der Waals surface area contributed by atoms with Gasteiger partial charge in [-0.2, -0.15) is 0 Å². The summed E-state index contributed by atoms with van der Waals surface area (Å²) in [6.07, 6.45) is 5.94. The van der Waals surface area contributed by atoms with Crippen molar-refractivity contribution >= 4 is 11.6 Å². The molecule has 94 valence electrons. The fourth-order valence-electron chi connectivity index (χ4n) is 2.25. The van der Waals surface area contributed by atoms with Gasteiger partial charge < -0.3 is 4.90 Å². The highest BCUT2D eigenvalue weighted by atomic mass is 16.2. The molecule has 18 heavy (non-hydrogen) atoms. The molecule has 3 nitrogen and oxygen atoms in total. The van der Waals surface area contributed by atoms with E-state index in [2.05, 4.69) is 11.2 Å². The van der Waals surface area contributed by atoms with Crippen LogP contribution in [0.3, 0.4) is 0 Å². The fourth-order valence-corrected chi connectivity index (χ4v) is 2.25. The third kappa shape index (κ3) is 2.25. The quantitative estimate of drug-likeness (QED) is 0.805. The van der Waals surface area contributed by atoms with Gasteiger partial charge in [0, 0.05) is 25.2 Å². The van der Waals surface area contributed by atoms with Crippen LogP contribution in [0.2, 0.25) is 0 Å². The van der Waals surface area contributed by atoms with E-state index in [9.17, 15) is 4.79 Å². The number of para-hydroxylation sites is 1. The Hall–Kier alpha value is -1.79. The molecule has 1 aliphatic heterocycles. The molecule has 1 heterocycles. The largest absolute Gasteiger partial charge is 0.315 e. The Bertz CT molecular complexity index is 513. The molecular weight excluding hydrogens is 224 g/mol. The van der Waals surface area contributed by atoms with Crippen molar-refractivity contribution in [3.05, 3.63) is 29.8 Å². The van der Waals surface area contributed by atoms with E-state index in [0.29, 0.717) is 6.42 Å². The Kier molecular flexibility index (Phi) is 3.14. The number of carbonyl (C=O) groups excluding carboxylic acids is 1. The highest BCUT2D eigenvalue weighted by molar-refractivity contribution is 5.96. The van der Waals surface area contributed by atoms with Crippen LogP contribution >= 0.6 is 0 Å². The molecule has 2 rings (SSSR count). The van der Waals surface area contributed by atoms with Crippen molar-refractivity contribution in [3.63, 3.8) is 0 Å². The number of hydrogen-bond acceptors (Lipinski definition) is 2. The number of carbonyl (C=O) groups is 1. The van der Waals surface area contributed by atoms with Crippen molar-refractivity contribution in [3.8, 4) is 12.3 Å². The van der Waals surface area contributed by atoms with Crippen LogP contribution in [0.4, 0.5) is 5.69 Å². The third-order valence-corrected chi connectivity index (χ3v) is 3.32. The van der Waals surface area contributed by atoms with Gasteiger partial charge in [0.15, 0.2) is 0 Å². The summed E-state index contributed by atoms with van der Waals surface area (Å²) in [5.41, 5.74) is 1.66. The number of nitrogens with zero attached hydrogens (tertiary/aromatic N) is 1. The van der Waals surface area contributed by atoms with Crippen molar-refractivity contribution < 1.29 is 4.79 Å². The van der Waals surface area contributed by atoms with E-state index in [1.165, 1.54) is 0 Å². The molecule has 1 amide bonds. The van der Waals surface area contributed by atoms with Gasteiger partial charge in [-0.25, -0.2) is 0 Å². The minimum atomic E-state index is -0.423. The summed E-state index contributed by atoms with van der Waals surface area (Å²) >= 11 is 0. The number of nitrogens with one attached hydrogen (secondary N) is 1. The third-order valence-electron chi connectivity index (χ3n) is 3.32. The molecular formula is C15H18N2O. The summed E-state index contributed by atoms with van der Waals surface area (Å²) in [4.78, 5) is 13.7. The first-order valence-electron chi connectivity index (χ1n) is 6.05. The maximum absolute atomic E-state index is 12.0. The predicted octanol–water partition coefficient (Wildman–Crippen LogP) is 2.10. The second-order valence-electron chi connectivity index (χ2n) is 5.18. The smallest absolute Gasteiger partial charge is 0.228 e. The van der Waals surface area contributed by atoms with Gasteiger partial charge in [0.2, 0.25) is 5.91 Å². The van der Waals surface area contributed by atoms with Gasteiger partial charge in [0.1, 0.15) is 0 Å². The van der Waals surface area contributed by atoms with Gasteiger partial charge in [-0.15, -0.1) is 6.42 Å². The highest BCUT2D eigenvalue weighted by Gasteiger charge is 2.31. The maximum Gasteiger partial charge on any atom is 0.228 e. The number of amides is 1. The molecule has 0 fully saturated rings. The molecule has 1 unspecified atom stereocenters. The van der Waals surface area contributed by atoms with E-state index in [4.69, 9.17) is 6.42 Å². The van der Waals surface area contributed by atoms with Crippen molar-refractivity contribution in [1.82, 2.24) is 5.32 Å². The molecule has 1 N–H and O–H groups in total. The zero-order valence-corrected chi connectivity index (χ0v) is 11.0. The van der Waals surface area contributed by atoms with Gasteiger partial charge in [0.05, 0.1) is 5.54 Å². The maximum atomic E-state index is 12.0. The summed E-state index contributed by atoms with van der Waals surface area (Å²) in [5.74, 6) is 2.82. The van der Waals surface area contributed by atoms with Crippen LogP contribution < -0.4 is 10.2 Å². The molecule has 1 aliphatic rings. The Morgan fingerprint density at radius 2 is 2.11 bits per heavy atom. The number of benzene rings is 1. The lowest BCUT2D eigenvalue weighted by Gasteiger charge is -2.35. The SMILES string of the molecule is C#CC(C)(C)NC1CC(=O)N(C)c2ccccc21. The Morgan fingerprint density at radius 3 is 2.78 bits per heavy atom. The van der Waals surface area contributed by atoms with E-state index >= 15 is 0 Å². The topological polar surface area (TPSA) is 32.3 Å². The molecule has 0 aliphatic carbocycles. The Balaban J connectivity index is 2.37. The first kappa shape index (κ1) is 12.7. The number of anilines is 1. The number of hydrogen-bond donors (Lipinski definition) is 1. The lowest BCUT2D eigenvalue weighted by molar-refractivity contribution is -0.119. The highest BCUT2D eigenvalue weighted by Crippen LogP contribution is 2.34. The average molecular weight is 242 g/mol. The van der Waals surface area contributed by atoms with Crippen LogP contribution in [0.15, 0.2) is 24.3 Å². The number of rotatable bonds is 2. The Morgan fingerprint density at radius 1 is 1.44 bits per heavy atom. The molecule has 1 aromatic carbocycles. The van der Waals surface area contributed by atoms with Crippen molar-refractivity contribution in [2.45, 2.75) is 31.8 Å². The van der Waals surface area contributed by atoms with Crippen LogP contribution in [0.1, 0.15) is 31.9 Å². The molecule has 0 saturated carbocycles. The van der Waals surface area contributed by atoms with Crippen LogP contribution in [0.5, 0.6) is 0 Å². The lowest BCUT2D eigenvalue weighted by Crippen LogP contribution is -2.45. The average Bonchev–Trinajstić information content (AvgIpc) is 2.35. The summed E-state index contributed by atoms with van der Waals surface area (Å²) in [6.45, 7) is 3.89. The fraction of sp³-hybridized carbons (Fsp3) is 0.400.